The van der Waals surface area contributed by atoms with Crippen molar-refractivity contribution >= 4 is 28.3 Å². The molecule has 0 heterocycles. The number of nitro benzene ring substituents is 1. The third-order valence-corrected chi connectivity index (χ3v) is 4.04. The molecule has 0 aromatic heterocycles. The molecule has 2 N–H and O–H groups in total. The molecule has 27 heavy (non-hydrogen) atoms. The van der Waals surface area contributed by atoms with Crippen molar-refractivity contribution in [3.05, 3.63) is 88.0 Å². The summed E-state index contributed by atoms with van der Waals surface area (Å²) in [4.78, 5) is 27.2. The van der Waals surface area contributed by atoms with E-state index in [1.807, 2.05) is 42.5 Å². The number of rotatable bonds is 6. The number of nitro groups is 1. The summed E-state index contributed by atoms with van der Waals surface area (Å²) in [6.07, 6.45) is 0.0579. The maximum Gasteiger partial charge on any atom is 0.339 e. The molecule has 7 nitrogen and oxygen atoms in total. The minimum Gasteiger partial charge on any atom is -0.384 e. The van der Waals surface area contributed by atoms with Gasteiger partial charge in [0.1, 0.15) is 5.84 Å². The number of nitrogens with zero attached hydrogens (tertiary/aromatic N) is 2. The maximum atomic E-state index is 11.9. The summed E-state index contributed by atoms with van der Waals surface area (Å²) in [6, 6.07) is 19.7. The first-order valence-electron chi connectivity index (χ1n) is 8.25. The number of hydrogen-bond donors (Lipinski definition) is 1. The normalized spacial score (nSPS) is 11.3. The molecule has 136 valence electrons. The number of amidine groups is 1. The van der Waals surface area contributed by atoms with Crippen LogP contribution >= 0.6 is 0 Å². The molecule has 3 aromatic rings. The average molecular weight is 363 g/mol. The smallest absolute Gasteiger partial charge is 0.339 e. The Morgan fingerprint density at radius 1 is 0.963 bits per heavy atom. The van der Waals surface area contributed by atoms with Gasteiger partial charge in [-0.15, -0.1) is 0 Å². The monoisotopic (exact) mass is 363 g/mol. The third kappa shape index (κ3) is 4.46. The summed E-state index contributed by atoms with van der Waals surface area (Å²) in [5.74, 6) is -0.576. The van der Waals surface area contributed by atoms with Crippen molar-refractivity contribution in [1.29, 1.82) is 0 Å². The lowest BCUT2D eigenvalue weighted by atomic mass is 10.0. The van der Waals surface area contributed by atoms with Crippen LogP contribution in [0.5, 0.6) is 0 Å². The minimum atomic E-state index is -0.717. The van der Waals surface area contributed by atoms with Crippen molar-refractivity contribution in [1.82, 2.24) is 0 Å². The molecular weight excluding hydrogens is 346 g/mol. The van der Waals surface area contributed by atoms with Crippen LogP contribution in [-0.2, 0) is 22.5 Å². The number of fused-ring (bicyclic) bond motifs is 1. The van der Waals surface area contributed by atoms with Crippen LogP contribution in [0.4, 0.5) is 5.69 Å². The molecule has 0 bridgehead atoms. The van der Waals surface area contributed by atoms with Gasteiger partial charge in [-0.05, 0) is 16.3 Å². The Kier molecular flexibility index (Phi) is 5.41. The molecule has 3 rings (SSSR count). The predicted octanol–water partition coefficient (Wildman–Crippen LogP) is 3.35. The van der Waals surface area contributed by atoms with Crippen LogP contribution in [0.1, 0.15) is 11.1 Å². The Morgan fingerprint density at radius 2 is 1.63 bits per heavy atom. The van der Waals surface area contributed by atoms with E-state index in [0.717, 1.165) is 16.3 Å². The van der Waals surface area contributed by atoms with E-state index in [1.165, 1.54) is 18.2 Å². The number of para-hydroxylation sites is 1. The number of carbonyl (C=O) groups is 1. The van der Waals surface area contributed by atoms with Gasteiger partial charge >= 0.3 is 5.97 Å². The van der Waals surface area contributed by atoms with Gasteiger partial charge in [-0.25, -0.2) is 4.79 Å². The van der Waals surface area contributed by atoms with E-state index >= 15 is 0 Å². The highest BCUT2D eigenvalue weighted by Crippen LogP contribution is 2.20. The highest BCUT2D eigenvalue weighted by Gasteiger charge is 2.16. The number of hydrogen-bond acceptors (Lipinski definition) is 5. The molecule has 0 radical (unpaired) electrons. The van der Waals surface area contributed by atoms with Crippen molar-refractivity contribution in [2.75, 3.05) is 0 Å². The fraction of sp³-hybridized carbons (Fsp3) is 0.100. The Hall–Kier alpha value is -3.74. The zero-order valence-electron chi connectivity index (χ0n) is 14.4. The molecule has 0 amide bonds. The summed E-state index contributed by atoms with van der Waals surface area (Å²) in [5.41, 5.74) is 6.97. The van der Waals surface area contributed by atoms with Gasteiger partial charge in [0.05, 0.1) is 11.3 Å². The molecule has 0 spiro atoms. The second-order valence-electron chi connectivity index (χ2n) is 5.92. The van der Waals surface area contributed by atoms with Crippen molar-refractivity contribution in [2.24, 2.45) is 10.9 Å². The average Bonchev–Trinajstić information content (AvgIpc) is 2.67. The summed E-state index contributed by atoms with van der Waals surface area (Å²) in [7, 11) is 0. The van der Waals surface area contributed by atoms with Gasteiger partial charge in [-0.1, -0.05) is 65.8 Å². The van der Waals surface area contributed by atoms with Crippen LogP contribution in [-0.4, -0.2) is 16.7 Å². The molecule has 0 saturated heterocycles. The largest absolute Gasteiger partial charge is 0.384 e. The van der Waals surface area contributed by atoms with E-state index in [1.54, 1.807) is 6.07 Å². The fourth-order valence-corrected chi connectivity index (χ4v) is 2.81. The molecule has 0 atom stereocenters. The van der Waals surface area contributed by atoms with Crippen molar-refractivity contribution in [2.45, 2.75) is 12.8 Å². The van der Waals surface area contributed by atoms with Crippen LogP contribution in [0, 0.1) is 10.1 Å². The fourth-order valence-electron chi connectivity index (χ4n) is 2.81. The number of nitrogens with two attached hydrogens (primary N) is 1. The van der Waals surface area contributed by atoms with E-state index in [0.29, 0.717) is 6.42 Å². The van der Waals surface area contributed by atoms with Crippen LogP contribution in [0.15, 0.2) is 71.9 Å². The van der Waals surface area contributed by atoms with Crippen LogP contribution in [0.2, 0.25) is 0 Å². The number of carbonyl (C=O) groups excluding carboxylic acids is 1. The van der Waals surface area contributed by atoms with Crippen LogP contribution < -0.4 is 5.73 Å². The second kappa shape index (κ2) is 8.09. The predicted molar refractivity (Wildman–Crippen MR) is 102 cm³/mol. The third-order valence-electron chi connectivity index (χ3n) is 4.04. The van der Waals surface area contributed by atoms with Gasteiger partial charge in [0.25, 0.3) is 5.69 Å². The second-order valence-corrected chi connectivity index (χ2v) is 5.92. The van der Waals surface area contributed by atoms with E-state index in [-0.39, 0.29) is 23.5 Å². The molecule has 0 saturated carbocycles. The maximum absolute atomic E-state index is 11.9. The standard InChI is InChI=1S/C20H17N3O4/c21-19(12-15-9-5-8-14-6-1-3-10-17(14)15)22-27-20(24)13-16-7-2-4-11-18(16)23(25)26/h1-11H,12-13H2,(H2,21,22). The molecular formula is C20H17N3O4. The Bertz CT molecular complexity index is 1030. The summed E-state index contributed by atoms with van der Waals surface area (Å²) in [6.45, 7) is 0. The van der Waals surface area contributed by atoms with E-state index in [2.05, 4.69) is 5.16 Å². The van der Waals surface area contributed by atoms with Gasteiger partial charge < -0.3 is 10.6 Å². The topological polar surface area (TPSA) is 108 Å². The summed E-state index contributed by atoms with van der Waals surface area (Å²) >= 11 is 0. The lowest BCUT2D eigenvalue weighted by Gasteiger charge is -2.06. The lowest BCUT2D eigenvalue weighted by Crippen LogP contribution is -2.17. The molecule has 7 heteroatoms. The zero-order valence-corrected chi connectivity index (χ0v) is 14.4. The Labute approximate surface area is 155 Å². The zero-order chi connectivity index (χ0) is 19.2. The first-order chi connectivity index (χ1) is 13.0. The van der Waals surface area contributed by atoms with Crippen molar-refractivity contribution in [3.63, 3.8) is 0 Å². The molecule has 0 unspecified atom stereocenters. The SMILES string of the molecule is N/C(Cc1cccc2ccccc12)=N\OC(=O)Cc1ccccc1[N+](=O)[O-]. The molecule has 3 aromatic carbocycles. The Morgan fingerprint density at radius 3 is 2.44 bits per heavy atom. The minimum absolute atomic E-state index is 0.137. The molecule has 0 aliphatic carbocycles. The quantitative estimate of drug-likeness (QED) is 0.237. The summed E-state index contributed by atoms with van der Waals surface area (Å²) in [5, 5.41) is 16.8. The van der Waals surface area contributed by atoms with Crippen LogP contribution in [0.25, 0.3) is 10.8 Å². The Balaban J connectivity index is 1.67. The lowest BCUT2D eigenvalue weighted by molar-refractivity contribution is -0.385. The molecule has 0 aliphatic heterocycles. The van der Waals surface area contributed by atoms with E-state index < -0.39 is 10.9 Å². The number of oxime groups is 1. The summed E-state index contributed by atoms with van der Waals surface area (Å²) < 4.78 is 0. The van der Waals surface area contributed by atoms with Gasteiger partial charge in [0, 0.05) is 18.1 Å². The first kappa shape index (κ1) is 18.1. The van der Waals surface area contributed by atoms with Crippen molar-refractivity contribution < 1.29 is 14.6 Å². The highest BCUT2D eigenvalue weighted by molar-refractivity contribution is 5.91. The highest BCUT2D eigenvalue weighted by atomic mass is 16.7. The van der Waals surface area contributed by atoms with Gasteiger partial charge in [0.2, 0.25) is 0 Å². The van der Waals surface area contributed by atoms with Gasteiger partial charge in [-0.2, -0.15) is 0 Å². The van der Waals surface area contributed by atoms with Crippen molar-refractivity contribution in [3.8, 4) is 0 Å². The van der Waals surface area contributed by atoms with Crippen LogP contribution in [0.3, 0.4) is 0 Å². The molecule has 0 fully saturated rings. The first-order valence-corrected chi connectivity index (χ1v) is 8.25. The number of benzene rings is 3. The van der Waals surface area contributed by atoms with Gasteiger partial charge in [-0.3, -0.25) is 10.1 Å². The van der Waals surface area contributed by atoms with E-state index in [9.17, 15) is 14.9 Å². The van der Waals surface area contributed by atoms with E-state index in [4.69, 9.17) is 10.6 Å². The molecule has 0 aliphatic rings. The van der Waals surface area contributed by atoms with Gasteiger partial charge in [0.15, 0.2) is 0 Å².